The van der Waals surface area contributed by atoms with Crippen LogP contribution in [0.5, 0.6) is 17.2 Å². The Morgan fingerprint density at radius 3 is 2.39 bits per heavy atom. The summed E-state index contributed by atoms with van der Waals surface area (Å²) >= 11 is 14.2. The molecule has 1 amide bonds. The van der Waals surface area contributed by atoms with Gasteiger partial charge in [-0.3, -0.25) is 4.79 Å². The van der Waals surface area contributed by atoms with Crippen molar-refractivity contribution in [3.8, 4) is 17.2 Å². The number of hydrogen-bond acceptors (Lipinski definition) is 6. The molecule has 0 aromatic heterocycles. The minimum atomic E-state index is -4.08. The maximum atomic E-state index is 13.9. The van der Waals surface area contributed by atoms with Gasteiger partial charge in [0.05, 0.1) is 25.7 Å². The molecule has 2 aromatic rings. The summed E-state index contributed by atoms with van der Waals surface area (Å²) in [7, 11) is -0.980. The Balaban J connectivity index is 1.59. The number of rotatable bonds is 9. The number of carbonyl (C=O) groups is 1. The number of methoxy groups -OCH3 is 2. The Morgan fingerprint density at radius 1 is 1.08 bits per heavy atom. The summed E-state index contributed by atoms with van der Waals surface area (Å²) < 4.78 is 44.7. The molecular weight excluding hydrogens is 666 g/mol. The Kier molecular flexibility index (Phi) is 9.39. The van der Waals surface area contributed by atoms with Gasteiger partial charge in [-0.05, 0) is 55.0 Å². The first-order chi connectivity index (χ1) is 18.1. The second-order valence-corrected chi connectivity index (χ2v) is 13.0. The monoisotopic (exact) mass is 694 g/mol. The van der Waals surface area contributed by atoms with Crippen molar-refractivity contribution in [2.24, 2.45) is 11.8 Å². The second kappa shape index (κ2) is 12.2. The molecule has 12 heteroatoms. The summed E-state index contributed by atoms with van der Waals surface area (Å²) in [5, 5.41) is 0.422. The number of sulfonamides is 1. The largest absolute Gasteiger partial charge is 0.493 e. The van der Waals surface area contributed by atoms with Crippen molar-refractivity contribution >= 4 is 61.7 Å². The summed E-state index contributed by atoms with van der Waals surface area (Å²) in [6, 6.07) is 9.06. The standard InChI is InChI=1S/C26H29Cl2IN2O6S/c1-4-16-5-7-22-21(16)15-30(9-10-37-19-6-8-23(35-2)24(14-19)36-3)26(32)25(29)31(22)38(33,34)20-12-17(27)11-18(28)13-20/h4,6,8,11-14,16,21-22,25H,1,5,7,9-10,15H2,2-3H3. The van der Waals surface area contributed by atoms with Crippen LogP contribution in [0.3, 0.4) is 0 Å². The highest BCUT2D eigenvalue weighted by Crippen LogP contribution is 2.43. The smallest absolute Gasteiger partial charge is 0.251 e. The van der Waals surface area contributed by atoms with E-state index in [2.05, 4.69) is 6.58 Å². The van der Waals surface area contributed by atoms with Crippen molar-refractivity contribution in [3.05, 3.63) is 59.1 Å². The molecule has 8 nitrogen and oxygen atoms in total. The number of alkyl halides is 1. The van der Waals surface area contributed by atoms with Gasteiger partial charge in [0.15, 0.2) is 15.5 Å². The molecule has 1 aliphatic carbocycles. The van der Waals surface area contributed by atoms with Gasteiger partial charge in [0, 0.05) is 28.7 Å². The van der Waals surface area contributed by atoms with Crippen LogP contribution >= 0.6 is 45.8 Å². The lowest BCUT2D eigenvalue weighted by atomic mass is 9.93. The molecule has 0 spiro atoms. The van der Waals surface area contributed by atoms with Crippen LogP contribution in [0.25, 0.3) is 0 Å². The molecule has 0 N–H and O–H groups in total. The van der Waals surface area contributed by atoms with Gasteiger partial charge in [-0.15, -0.1) is 6.58 Å². The zero-order valence-electron chi connectivity index (χ0n) is 21.0. The SMILES string of the molecule is C=CC1CCC2C1CN(CCOc1ccc(OC)c(OC)c1)C(=O)C(I)N2S(=O)(=O)c1cc(Cl)cc(Cl)c1. The fraction of sp³-hybridized carbons (Fsp3) is 0.423. The molecule has 4 rings (SSSR count). The topological polar surface area (TPSA) is 85.4 Å². The second-order valence-electron chi connectivity index (χ2n) is 9.13. The van der Waals surface area contributed by atoms with Gasteiger partial charge in [0.25, 0.3) is 5.91 Å². The predicted octanol–water partition coefficient (Wildman–Crippen LogP) is 5.26. The van der Waals surface area contributed by atoms with Crippen molar-refractivity contribution in [1.82, 2.24) is 9.21 Å². The molecule has 1 heterocycles. The number of hydrogen-bond donors (Lipinski definition) is 0. The van der Waals surface area contributed by atoms with Crippen molar-refractivity contribution in [3.63, 3.8) is 0 Å². The van der Waals surface area contributed by atoms with E-state index in [-0.39, 0.29) is 51.9 Å². The van der Waals surface area contributed by atoms with E-state index in [4.69, 9.17) is 37.4 Å². The van der Waals surface area contributed by atoms with E-state index in [1.54, 1.807) is 37.3 Å². The molecule has 38 heavy (non-hydrogen) atoms. The summed E-state index contributed by atoms with van der Waals surface area (Å²) in [6.45, 7) is 4.88. The normalized spacial score (nSPS) is 24.0. The highest BCUT2D eigenvalue weighted by molar-refractivity contribution is 14.1. The number of carbonyl (C=O) groups excluding carboxylic acids is 1. The number of halogens is 3. The molecule has 1 aliphatic heterocycles. The zero-order chi connectivity index (χ0) is 27.6. The van der Waals surface area contributed by atoms with Crippen LogP contribution in [0.4, 0.5) is 0 Å². The molecule has 4 atom stereocenters. The van der Waals surface area contributed by atoms with E-state index in [0.29, 0.717) is 30.2 Å². The number of allylic oxidation sites excluding steroid dienone is 1. The highest BCUT2D eigenvalue weighted by atomic mass is 127. The number of fused-ring (bicyclic) bond motifs is 1. The third-order valence-corrected chi connectivity index (χ3v) is 10.9. The maximum Gasteiger partial charge on any atom is 0.251 e. The number of amides is 1. The third kappa shape index (κ3) is 5.89. The molecule has 0 radical (unpaired) electrons. The van der Waals surface area contributed by atoms with E-state index < -0.39 is 14.1 Å². The van der Waals surface area contributed by atoms with Gasteiger partial charge >= 0.3 is 0 Å². The number of benzene rings is 2. The lowest BCUT2D eigenvalue weighted by Crippen LogP contribution is -2.49. The van der Waals surface area contributed by atoms with Gasteiger partial charge < -0.3 is 19.1 Å². The van der Waals surface area contributed by atoms with Crippen molar-refractivity contribution in [1.29, 1.82) is 0 Å². The fourth-order valence-electron chi connectivity index (χ4n) is 5.20. The molecule has 2 aliphatic rings. The third-order valence-electron chi connectivity index (χ3n) is 7.04. The van der Waals surface area contributed by atoms with Gasteiger partial charge in [-0.25, -0.2) is 8.42 Å². The number of nitrogens with zero attached hydrogens (tertiary/aromatic N) is 2. The Morgan fingerprint density at radius 2 is 1.76 bits per heavy atom. The first-order valence-corrected chi connectivity index (χ1v) is 15.4. The van der Waals surface area contributed by atoms with Crippen molar-refractivity contribution < 1.29 is 27.4 Å². The summed E-state index contributed by atoms with van der Waals surface area (Å²) in [5.74, 6) is 1.36. The van der Waals surface area contributed by atoms with Crippen LogP contribution in [-0.4, -0.2) is 67.5 Å². The molecule has 0 bridgehead atoms. The molecule has 1 saturated carbocycles. The van der Waals surface area contributed by atoms with Crippen LogP contribution in [0.2, 0.25) is 10.0 Å². The van der Waals surface area contributed by atoms with Gasteiger partial charge in [-0.2, -0.15) is 4.31 Å². The molecule has 206 valence electrons. The van der Waals surface area contributed by atoms with E-state index in [1.807, 2.05) is 28.7 Å². The molecule has 2 aromatic carbocycles. The first kappa shape index (κ1) is 29.3. The lowest BCUT2D eigenvalue weighted by molar-refractivity contribution is -0.131. The average Bonchev–Trinajstić information content (AvgIpc) is 3.24. The molecule has 1 saturated heterocycles. The first-order valence-electron chi connectivity index (χ1n) is 12.0. The molecule has 4 unspecified atom stereocenters. The van der Waals surface area contributed by atoms with Crippen molar-refractivity contribution in [2.45, 2.75) is 27.8 Å². The van der Waals surface area contributed by atoms with Crippen LogP contribution in [0, 0.1) is 11.8 Å². The van der Waals surface area contributed by atoms with Crippen LogP contribution in [-0.2, 0) is 14.8 Å². The Labute approximate surface area is 247 Å². The van der Waals surface area contributed by atoms with E-state index in [1.165, 1.54) is 22.5 Å². The van der Waals surface area contributed by atoms with Crippen LogP contribution in [0.15, 0.2) is 53.9 Å². The van der Waals surface area contributed by atoms with Gasteiger partial charge in [0.1, 0.15) is 12.4 Å². The van der Waals surface area contributed by atoms with E-state index in [0.717, 1.165) is 6.42 Å². The average molecular weight is 695 g/mol. The highest BCUT2D eigenvalue weighted by Gasteiger charge is 2.51. The van der Waals surface area contributed by atoms with E-state index in [9.17, 15) is 13.2 Å². The quantitative estimate of drug-likeness (QED) is 0.154. The van der Waals surface area contributed by atoms with Gasteiger partial charge in [-0.1, -0.05) is 51.9 Å². The van der Waals surface area contributed by atoms with Crippen LogP contribution in [0.1, 0.15) is 12.8 Å². The van der Waals surface area contributed by atoms with Crippen LogP contribution < -0.4 is 14.2 Å². The zero-order valence-corrected chi connectivity index (χ0v) is 25.5. The number of ether oxygens (including phenoxy) is 3. The minimum absolute atomic E-state index is 0.0319. The molecule has 2 fully saturated rings. The summed E-state index contributed by atoms with van der Waals surface area (Å²) in [4.78, 5) is 15.3. The van der Waals surface area contributed by atoms with E-state index >= 15 is 0 Å². The summed E-state index contributed by atoms with van der Waals surface area (Å²) in [6.07, 6.45) is 3.27. The summed E-state index contributed by atoms with van der Waals surface area (Å²) in [5.41, 5.74) is 0. The molecular formula is C26H29Cl2IN2O6S. The Bertz CT molecular complexity index is 1290. The predicted molar refractivity (Wildman–Crippen MR) is 155 cm³/mol. The minimum Gasteiger partial charge on any atom is -0.493 e. The lowest BCUT2D eigenvalue weighted by Gasteiger charge is -2.32. The maximum absolute atomic E-state index is 13.9. The van der Waals surface area contributed by atoms with Gasteiger partial charge in [0.2, 0.25) is 10.0 Å². The Hall–Kier alpha value is -1.73. The fourth-order valence-corrected chi connectivity index (χ4v) is 9.30. The van der Waals surface area contributed by atoms with Crippen molar-refractivity contribution in [2.75, 3.05) is 33.9 Å².